The molecule has 112 valence electrons. The molecule has 0 bridgehead atoms. The molecule has 0 aliphatic carbocycles. The number of sulfonamides is 1. The van der Waals surface area contributed by atoms with Crippen LogP contribution in [0.1, 0.15) is 31.9 Å². The van der Waals surface area contributed by atoms with E-state index in [9.17, 15) is 8.42 Å². The molecular formula is C15H23NO3S. The van der Waals surface area contributed by atoms with Crippen LogP contribution < -0.4 is 9.46 Å². The predicted molar refractivity (Wildman–Crippen MR) is 81.8 cm³/mol. The summed E-state index contributed by atoms with van der Waals surface area (Å²) in [6, 6.07) is 3.46. The van der Waals surface area contributed by atoms with Crippen LogP contribution in [0.15, 0.2) is 29.7 Å². The molecule has 0 aliphatic heterocycles. The fourth-order valence-corrected chi connectivity index (χ4v) is 3.20. The van der Waals surface area contributed by atoms with E-state index >= 15 is 0 Å². The van der Waals surface area contributed by atoms with E-state index in [1.165, 1.54) is 6.08 Å². The lowest BCUT2D eigenvalue weighted by Crippen LogP contribution is -2.25. The molecule has 0 saturated heterocycles. The molecule has 0 amide bonds. The van der Waals surface area contributed by atoms with Crippen molar-refractivity contribution < 1.29 is 13.2 Å². The van der Waals surface area contributed by atoms with Crippen LogP contribution in [-0.2, 0) is 15.4 Å². The van der Waals surface area contributed by atoms with Crippen LogP contribution in [0.5, 0.6) is 5.75 Å². The summed E-state index contributed by atoms with van der Waals surface area (Å²) >= 11 is 0. The van der Waals surface area contributed by atoms with Crippen molar-refractivity contribution in [3.05, 3.63) is 35.9 Å². The average Bonchev–Trinajstić information content (AvgIpc) is 2.34. The van der Waals surface area contributed by atoms with Crippen LogP contribution in [0.3, 0.4) is 0 Å². The van der Waals surface area contributed by atoms with Crippen molar-refractivity contribution in [2.24, 2.45) is 0 Å². The van der Waals surface area contributed by atoms with Crippen LogP contribution in [0.25, 0.3) is 0 Å². The standard InChI is InChI=1S/C15H23NO3S/c1-7-8-16-20(17,18)14-10-12(15(3,4)5)13(19-6)9-11(14)2/h7,9-10,16H,1,8H2,2-6H3. The summed E-state index contributed by atoms with van der Waals surface area (Å²) in [5.41, 5.74) is 1.32. The van der Waals surface area contributed by atoms with Gasteiger partial charge in [-0.25, -0.2) is 13.1 Å². The first-order chi connectivity index (χ1) is 9.13. The van der Waals surface area contributed by atoms with Crippen molar-refractivity contribution in [1.29, 1.82) is 0 Å². The Bertz CT molecular complexity index is 598. The van der Waals surface area contributed by atoms with Crippen molar-refractivity contribution in [3.63, 3.8) is 0 Å². The van der Waals surface area contributed by atoms with Crippen LogP contribution >= 0.6 is 0 Å². The molecule has 0 spiro atoms. The largest absolute Gasteiger partial charge is 0.496 e. The highest BCUT2D eigenvalue weighted by atomic mass is 32.2. The Morgan fingerprint density at radius 1 is 1.35 bits per heavy atom. The third kappa shape index (κ3) is 3.61. The summed E-state index contributed by atoms with van der Waals surface area (Å²) in [5, 5.41) is 0. The summed E-state index contributed by atoms with van der Waals surface area (Å²) in [6.45, 7) is 11.6. The van der Waals surface area contributed by atoms with Crippen LogP contribution in [-0.4, -0.2) is 22.1 Å². The number of nitrogens with one attached hydrogen (secondary N) is 1. The Hall–Kier alpha value is -1.33. The molecule has 0 saturated carbocycles. The van der Waals surface area contributed by atoms with Gasteiger partial charge in [-0.05, 0) is 30.0 Å². The Labute approximate surface area is 121 Å². The third-order valence-electron chi connectivity index (χ3n) is 3.01. The van der Waals surface area contributed by atoms with Gasteiger partial charge in [0.25, 0.3) is 0 Å². The highest BCUT2D eigenvalue weighted by Gasteiger charge is 2.24. The van der Waals surface area contributed by atoms with Crippen LogP contribution in [0, 0.1) is 6.92 Å². The maximum atomic E-state index is 12.3. The van der Waals surface area contributed by atoms with E-state index in [-0.39, 0.29) is 16.9 Å². The Balaban J connectivity index is 3.46. The van der Waals surface area contributed by atoms with E-state index in [0.717, 1.165) is 5.56 Å². The van der Waals surface area contributed by atoms with Gasteiger partial charge in [0.15, 0.2) is 0 Å². The topological polar surface area (TPSA) is 55.4 Å². The third-order valence-corrected chi connectivity index (χ3v) is 4.58. The monoisotopic (exact) mass is 297 g/mol. The zero-order valence-corrected chi connectivity index (χ0v) is 13.6. The van der Waals surface area contributed by atoms with E-state index in [2.05, 4.69) is 11.3 Å². The molecule has 0 fully saturated rings. The Kier molecular flexibility index (Phi) is 5.00. The molecule has 1 rings (SSSR count). The quantitative estimate of drug-likeness (QED) is 0.850. The number of aryl methyl sites for hydroxylation is 1. The smallest absolute Gasteiger partial charge is 0.241 e. The van der Waals surface area contributed by atoms with Crippen LogP contribution in [0.2, 0.25) is 0 Å². The molecule has 1 N–H and O–H groups in total. The molecule has 4 nitrogen and oxygen atoms in total. The van der Waals surface area contributed by atoms with Gasteiger partial charge < -0.3 is 4.74 Å². The van der Waals surface area contributed by atoms with Crippen molar-refractivity contribution in [1.82, 2.24) is 4.72 Å². The van der Waals surface area contributed by atoms with E-state index in [1.807, 2.05) is 20.8 Å². The molecule has 20 heavy (non-hydrogen) atoms. The minimum Gasteiger partial charge on any atom is -0.496 e. The Morgan fingerprint density at radius 3 is 2.40 bits per heavy atom. The zero-order valence-electron chi connectivity index (χ0n) is 12.8. The molecule has 1 aromatic carbocycles. The summed E-state index contributed by atoms with van der Waals surface area (Å²) in [7, 11) is -1.95. The molecule has 5 heteroatoms. The van der Waals surface area contributed by atoms with E-state index in [4.69, 9.17) is 4.74 Å². The molecule has 1 aromatic rings. The number of hydrogen-bond donors (Lipinski definition) is 1. The maximum Gasteiger partial charge on any atom is 0.241 e. The van der Waals surface area contributed by atoms with Gasteiger partial charge >= 0.3 is 0 Å². The van der Waals surface area contributed by atoms with Crippen molar-refractivity contribution >= 4 is 10.0 Å². The number of hydrogen-bond acceptors (Lipinski definition) is 3. The number of rotatable bonds is 5. The molecular weight excluding hydrogens is 274 g/mol. The minimum atomic E-state index is -3.54. The van der Waals surface area contributed by atoms with Gasteiger partial charge in [0.2, 0.25) is 10.0 Å². The normalized spacial score (nSPS) is 12.2. The summed E-state index contributed by atoms with van der Waals surface area (Å²) in [4.78, 5) is 0.282. The second-order valence-corrected chi connectivity index (χ2v) is 7.44. The highest BCUT2D eigenvalue weighted by molar-refractivity contribution is 7.89. The Morgan fingerprint density at radius 2 is 1.95 bits per heavy atom. The summed E-state index contributed by atoms with van der Waals surface area (Å²) in [6.07, 6.45) is 1.51. The summed E-state index contributed by atoms with van der Waals surface area (Å²) < 4.78 is 32.4. The first-order valence-electron chi connectivity index (χ1n) is 6.43. The lowest BCUT2D eigenvalue weighted by atomic mass is 9.86. The second kappa shape index (κ2) is 5.97. The molecule has 0 radical (unpaired) electrons. The molecule has 0 aromatic heterocycles. The van der Waals surface area contributed by atoms with Gasteiger partial charge in [0.05, 0.1) is 12.0 Å². The SMILES string of the molecule is C=CCNS(=O)(=O)c1cc(C(C)(C)C)c(OC)cc1C. The molecule has 0 aliphatic rings. The summed E-state index contributed by atoms with van der Waals surface area (Å²) in [5.74, 6) is 0.706. The van der Waals surface area contributed by atoms with E-state index < -0.39 is 10.0 Å². The molecule has 0 atom stereocenters. The first kappa shape index (κ1) is 16.7. The fraction of sp³-hybridized carbons (Fsp3) is 0.467. The van der Waals surface area contributed by atoms with Gasteiger partial charge in [0, 0.05) is 12.1 Å². The zero-order chi connectivity index (χ0) is 15.6. The van der Waals surface area contributed by atoms with Crippen molar-refractivity contribution in [3.8, 4) is 5.75 Å². The predicted octanol–water partition coefficient (Wildman–Crippen LogP) is 2.77. The lowest BCUT2D eigenvalue weighted by Gasteiger charge is -2.24. The number of ether oxygens (including phenoxy) is 1. The van der Waals surface area contributed by atoms with Gasteiger partial charge in [0.1, 0.15) is 5.75 Å². The highest BCUT2D eigenvalue weighted by Crippen LogP contribution is 2.34. The van der Waals surface area contributed by atoms with Gasteiger partial charge in [-0.3, -0.25) is 0 Å². The van der Waals surface area contributed by atoms with E-state index in [0.29, 0.717) is 11.3 Å². The molecule has 0 unspecified atom stereocenters. The lowest BCUT2D eigenvalue weighted by molar-refractivity contribution is 0.396. The molecule has 0 heterocycles. The van der Waals surface area contributed by atoms with E-state index in [1.54, 1.807) is 26.2 Å². The minimum absolute atomic E-state index is 0.207. The average molecular weight is 297 g/mol. The van der Waals surface area contributed by atoms with Crippen molar-refractivity contribution in [2.75, 3.05) is 13.7 Å². The second-order valence-electron chi connectivity index (χ2n) is 5.71. The fourth-order valence-electron chi connectivity index (χ4n) is 1.95. The van der Waals surface area contributed by atoms with Crippen molar-refractivity contribution in [2.45, 2.75) is 38.0 Å². The van der Waals surface area contributed by atoms with Gasteiger partial charge in [-0.2, -0.15) is 0 Å². The van der Waals surface area contributed by atoms with Gasteiger partial charge in [-0.15, -0.1) is 6.58 Å². The first-order valence-corrected chi connectivity index (χ1v) is 7.91. The number of methoxy groups -OCH3 is 1. The van der Waals surface area contributed by atoms with Crippen LogP contribution in [0.4, 0.5) is 0 Å². The number of benzene rings is 1. The maximum absolute atomic E-state index is 12.3. The van der Waals surface area contributed by atoms with Gasteiger partial charge in [-0.1, -0.05) is 26.8 Å².